The number of esters is 1. The van der Waals surface area contributed by atoms with E-state index < -0.39 is 24.4 Å². The Morgan fingerprint density at radius 3 is 2.55 bits per heavy atom. The van der Waals surface area contributed by atoms with Crippen molar-refractivity contribution in [3.8, 4) is 0 Å². The summed E-state index contributed by atoms with van der Waals surface area (Å²) in [5.41, 5.74) is 8.89. The zero-order chi connectivity index (χ0) is 21.8. The van der Waals surface area contributed by atoms with Crippen molar-refractivity contribution in [1.29, 1.82) is 0 Å². The molecule has 0 radical (unpaired) electrons. The number of carbonyl (C=O) groups excluding carboxylic acids is 3. The number of anilines is 1. The summed E-state index contributed by atoms with van der Waals surface area (Å²) in [6.45, 7) is -0.475. The number of rotatable bonds is 5. The van der Waals surface area contributed by atoms with E-state index in [1.54, 1.807) is 18.2 Å². The number of pyridine rings is 1. The minimum absolute atomic E-state index is 0.188. The maximum absolute atomic E-state index is 13.1. The smallest absolute Gasteiger partial charge is 0.339 e. The van der Waals surface area contributed by atoms with Gasteiger partial charge in [0.25, 0.3) is 11.8 Å². The molecule has 1 aliphatic rings. The first-order valence-corrected chi connectivity index (χ1v) is 10.3. The van der Waals surface area contributed by atoms with Crippen molar-refractivity contribution in [3.63, 3.8) is 0 Å². The van der Waals surface area contributed by atoms with E-state index in [-0.39, 0.29) is 11.3 Å². The molecule has 1 aliphatic carbocycles. The molecule has 158 valence electrons. The van der Waals surface area contributed by atoms with Crippen LogP contribution in [-0.2, 0) is 22.4 Å². The maximum Gasteiger partial charge on any atom is 0.339 e. The predicted octanol–water partition coefficient (Wildman–Crippen LogP) is 3.40. The number of ether oxygens (including phenoxy) is 1. The number of hydrogen-bond donors (Lipinski definition) is 2. The SMILES string of the molecule is NC(=O)c1ccccc1NC(=O)COC(=O)c1c2c(nc3ccccc13)CCCCC2. The average Bonchev–Trinajstić information content (AvgIpc) is 3.01. The number of primary amides is 1. The van der Waals surface area contributed by atoms with Gasteiger partial charge in [-0.3, -0.25) is 14.6 Å². The number of nitrogens with zero attached hydrogens (tertiary/aromatic N) is 1. The fourth-order valence-electron chi connectivity index (χ4n) is 3.98. The van der Waals surface area contributed by atoms with E-state index >= 15 is 0 Å². The number of fused-ring (bicyclic) bond motifs is 2. The second-order valence-corrected chi connectivity index (χ2v) is 7.52. The summed E-state index contributed by atoms with van der Waals surface area (Å²) in [7, 11) is 0. The van der Waals surface area contributed by atoms with Crippen LogP contribution < -0.4 is 11.1 Å². The third-order valence-corrected chi connectivity index (χ3v) is 5.42. The molecular weight excluding hydrogens is 394 g/mol. The quantitative estimate of drug-likeness (QED) is 0.488. The van der Waals surface area contributed by atoms with E-state index in [0.717, 1.165) is 54.3 Å². The first kappa shape index (κ1) is 20.5. The second-order valence-electron chi connectivity index (χ2n) is 7.52. The molecule has 7 heteroatoms. The number of para-hydroxylation sites is 2. The number of hydrogen-bond acceptors (Lipinski definition) is 5. The molecule has 0 spiro atoms. The van der Waals surface area contributed by atoms with Gasteiger partial charge in [0.1, 0.15) is 0 Å². The lowest BCUT2D eigenvalue weighted by Gasteiger charge is -2.15. The molecule has 7 nitrogen and oxygen atoms in total. The monoisotopic (exact) mass is 417 g/mol. The number of aromatic nitrogens is 1. The lowest BCUT2D eigenvalue weighted by molar-refractivity contribution is -0.119. The number of aryl methyl sites for hydroxylation is 1. The van der Waals surface area contributed by atoms with Crippen LogP contribution in [0.4, 0.5) is 5.69 Å². The zero-order valence-electron chi connectivity index (χ0n) is 17.0. The first-order valence-electron chi connectivity index (χ1n) is 10.3. The molecule has 0 bridgehead atoms. The number of nitrogens with two attached hydrogens (primary N) is 1. The highest BCUT2D eigenvalue weighted by molar-refractivity contribution is 6.07. The fourth-order valence-corrected chi connectivity index (χ4v) is 3.98. The molecule has 3 N–H and O–H groups in total. The van der Waals surface area contributed by atoms with Crippen LogP contribution in [0, 0.1) is 0 Å². The van der Waals surface area contributed by atoms with Crippen LogP contribution in [0.2, 0.25) is 0 Å². The summed E-state index contributed by atoms with van der Waals surface area (Å²) in [5, 5.41) is 3.31. The van der Waals surface area contributed by atoms with E-state index in [1.165, 1.54) is 6.07 Å². The Labute approximate surface area is 179 Å². The van der Waals surface area contributed by atoms with Gasteiger partial charge in [0.15, 0.2) is 6.61 Å². The molecule has 0 unspecified atom stereocenters. The van der Waals surface area contributed by atoms with Crippen molar-refractivity contribution in [1.82, 2.24) is 4.98 Å². The standard InChI is InChI=1S/C24H23N3O4/c25-23(29)17-10-5-7-13-20(17)27-21(28)14-31-24(30)22-15-8-2-1-3-11-18(15)26-19-12-6-4-9-16(19)22/h4-7,9-10,12-13H,1-3,8,11,14H2,(H2,25,29)(H,27,28). The molecule has 0 saturated heterocycles. The lowest BCUT2D eigenvalue weighted by atomic mass is 9.97. The van der Waals surface area contributed by atoms with E-state index in [9.17, 15) is 14.4 Å². The Morgan fingerprint density at radius 2 is 1.71 bits per heavy atom. The molecule has 1 aromatic heterocycles. The van der Waals surface area contributed by atoms with Gasteiger partial charge in [0, 0.05) is 11.1 Å². The summed E-state index contributed by atoms with van der Waals surface area (Å²) in [6.07, 6.45) is 4.69. The minimum Gasteiger partial charge on any atom is -0.452 e. The van der Waals surface area contributed by atoms with Gasteiger partial charge in [-0.05, 0) is 49.4 Å². The molecule has 2 aromatic carbocycles. The van der Waals surface area contributed by atoms with E-state index in [4.69, 9.17) is 15.5 Å². The molecule has 2 amide bonds. The highest BCUT2D eigenvalue weighted by atomic mass is 16.5. The van der Waals surface area contributed by atoms with Crippen molar-refractivity contribution in [2.75, 3.05) is 11.9 Å². The second kappa shape index (κ2) is 8.95. The largest absolute Gasteiger partial charge is 0.452 e. The first-order chi connectivity index (χ1) is 15.0. The fraction of sp³-hybridized carbons (Fsp3) is 0.250. The van der Waals surface area contributed by atoms with Gasteiger partial charge in [0.2, 0.25) is 0 Å². The summed E-state index contributed by atoms with van der Waals surface area (Å²) in [4.78, 5) is 41.7. The predicted molar refractivity (Wildman–Crippen MR) is 117 cm³/mol. The maximum atomic E-state index is 13.1. The molecule has 31 heavy (non-hydrogen) atoms. The van der Waals surface area contributed by atoms with Gasteiger partial charge in [0.05, 0.1) is 22.3 Å². The van der Waals surface area contributed by atoms with Gasteiger partial charge < -0.3 is 15.8 Å². The molecule has 3 aromatic rings. The van der Waals surface area contributed by atoms with Crippen LogP contribution in [0.1, 0.15) is 51.2 Å². The average molecular weight is 417 g/mol. The Balaban J connectivity index is 1.56. The number of benzene rings is 2. The van der Waals surface area contributed by atoms with Crippen LogP contribution in [0.3, 0.4) is 0 Å². The van der Waals surface area contributed by atoms with Crippen LogP contribution in [0.15, 0.2) is 48.5 Å². The Hall–Kier alpha value is -3.74. The molecular formula is C24H23N3O4. The van der Waals surface area contributed by atoms with Crippen LogP contribution in [-0.4, -0.2) is 29.4 Å². The van der Waals surface area contributed by atoms with E-state index in [1.807, 2.05) is 24.3 Å². The van der Waals surface area contributed by atoms with Crippen molar-refractivity contribution in [2.24, 2.45) is 5.73 Å². The minimum atomic E-state index is -0.654. The Morgan fingerprint density at radius 1 is 0.968 bits per heavy atom. The van der Waals surface area contributed by atoms with Gasteiger partial charge >= 0.3 is 5.97 Å². The molecule has 4 rings (SSSR count). The topological polar surface area (TPSA) is 111 Å². The molecule has 0 saturated carbocycles. The van der Waals surface area contributed by atoms with Gasteiger partial charge in [-0.2, -0.15) is 0 Å². The molecule has 0 aliphatic heterocycles. The van der Waals surface area contributed by atoms with Gasteiger partial charge in [-0.1, -0.05) is 36.8 Å². The van der Waals surface area contributed by atoms with Crippen LogP contribution >= 0.6 is 0 Å². The molecule has 1 heterocycles. The number of nitrogens with one attached hydrogen (secondary N) is 1. The number of carbonyl (C=O) groups is 3. The summed E-state index contributed by atoms with van der Waals surface area (Å²) in [5.74, 6) is -1.75. The third kappa shape index (κ3) is 4.40. The van der Waals surface area contributed by atoms with Crippen molar-refractivity contribution in [3.05, 3.63) is 70.9 Å². The van der Waals surface area contributed by atoms with Crippen molar-refractivity contribution in [2.45, 2.75) is 32.1 Å². The summed E-state index contributed by atoms with van der Waals surface area (Å²) in [6, 6.07) is 13.9. The van der Waals surface area contributed by atoms with Gasteiger partial charge in [-0.25, -0.2) is 4.79 Å². The van der Waals surface area contributed by atoms with Crippen LogP contribution in [0.5, 0.6) is 0 Å². The Bertz CT molecular complexity index is 1170. The van der Waals surface area contributed by atoms with Crippen molar-refractivity contribution < 1.29 is 19.1 Å². The van der Waals surface area contributed by atoms with Crippen molar-refractivity contribution >= 4 is 34.4 Å². The summed E-state index contributed by atoms with van der Waals surface area (Å²) >= 11 is 0. The Kier molecular flexibility index (Phi) is 5.93. The summed E-state index contributed by atoms with van der Waals surface area (Å²) < 4.78 is 5.38. The molecule has 0 fully saturated rings. The highest BCUT2D eigenvalue weighted by Gasteiger charge is 2.23. The molecule has 0 atom stereocenters. The normalized spacial score (nSPS) is 13.2. The lowest BCUT2D eigenvalue weighted by Crippen LogP contribution is -2.24. The van der Waals surface area contributed by atoms with E-state index in [0.29, 0.717) is 5.56 Å². The van der Waals surface area contributed by atoms with Crippen LogP contribution in [0.25, 0.3) is 10.9 Å². The van der Waals surface area contributed by atoms with Gasteiger partial charge in [-0.15, -0.1) is 0 Å². The third-order valence-electron chi connectivity index (χ3n) is 5.42. The van der Waals surface area contributed by atoms with E-state index in [2.05, 4.69) is 5.32 Å². The number of amides is 2. The zero-order valence-corrected chi connectivity index (χ0v) is 17.0. The highest BCUT2D eigenvalue weighted by Crippen LogP contribution is 2.29.